The summed E-state index contributed by atoms with van der Waals surface area (Å²) in [6.45, 7) is 6.76. The number of quaternary nitrogens is 1. The van der Waals surface area contributed by atoms with Crippen LogP contribution in [0.25, 0.3) is 0 Å². The predicted octanol–water partition coefficient (Wildman–Crippen LogP) is 19.1. The Kier molecular flexibility index (Phi) is 54.4. The third kappa shape index (κ3) is 57.7. The molecule has 0 bridgehead atoms. The zero-order chi connectivity index (χ0) is 56.4. The maximum Gasteiger partial charge on any atom is 0.306 e. The van der Waals surface area contributed by atoms with Crippen molar-refractivity contribution in [3.63, 3.8) is 0 Å². The number of nitrogens with one attached hydrogen (secondary N) is 1. The van der Waals surface area contributed by atoms with Crippen LogP contribution in [-0.2, 0) is 27.9 Å². The van der Waals surface area contributed by atoms with E-state index in [0.717, 1.165) is 77.0 Å². The van der Waals surface area contributed by atoms with Crippen LogP contribution in [0.5, 0.6) is 0 Å². The molecule has 77 heavy (non-hydrogen) atoms. The monoisotopic (exact) mass is 1100 g/mol. The first-order valence-electron chi connectivity index (χ1n) is 31.9. The Balaban J connectivity index is 5.32. The lowest BCUT2D eigenvalue weighted by Crippen LogP contribution is -2.47. The summed E-state index contributed by atoms with van der Waals surface area (Å²) < 4.78 is 30.3. The Hall–Kier alpha value is -2.81. The minimum Gasteiger partial charge on any atom is -0.756 e. The van der Waals surface area contributed by atoms with Gasteiger partial charge in [0.15, 0.2) is 0 Å². The molecule has 0 aromatic rings. The van der Waals surface area contributed by atoms with E-state index in [1.165, 1.54) is 161 Å². The number of rotatable bonds is 57. The first kappa shape index (κ1) is 74.2. The molecular formula is C67H121N2O7P. The van der Waals surface area contributed by atoms with Crippen LogP contribution in [0.15, 0.2) is 85.1 Å². The minimum absolute atomic E-state index is 0.0338. The average Bonchev–Trinajstić information content (AvgIpc) is 3.39. The van der Waals surface area contributed by atoms with Gasteiger partial charge < -0.3 is 28.5 Å². The molecule has 9 nitrogen and oxygen atoms in total. The number of carbonyl (C=O) groups excluding carboxylic acids is 2. The Morgan fingerprint density at radius 1 is 0.455 bits per heavy atom. The van der Waals surface area contributed by atoms with Gasteiger partial charge in [0.2, 0.25) is 5.91 Å². The van der Waals surface area contributed by atoms with Gasteiger partial charge in [-0.3, -0.25) is 14.2 Å². The number of carbonyl (C=O) groups is 2. The lowest BCUT2D eigenvalue weighted by atomic mass is 10.0. The van der Waals surface area contributed by atoms with E-state index >= 15 is 0 Å². The third-order valence-electron chi connectivity index (χ3n) is 13.8. The first-order valence-corrected chi connectivity index (χ1v) is 33.4. The Morgan fingerprint density at radius 3 is 1.23 bits per heavy atom. The summed E-state index contributed by atoms with van der Waals surface area (Å²) in [6, 6.07) is -0.915. The normalized spacial score (nSPS) is 14.2. The molecule has 0 spiro atoms. The van der Waals surface area contributed by atoms with Gasteiger partial charge in [-0.25, -0.2) is 0 Å². The average molecular weight is 1100 g/mol. The zero-order valence-corrected chi connectivity index (χ0v) is 51.8. The van der Waals surface area contributed by atoms with Crippen molar-refractivity contribution in [2.24, 2.45) is 0 Å². The third-order valence-corrected chi connectivity index (χ3v) is 14.8. The van der Waals surface area contributed by atoms with Crippen LogP contribution in [0.3, 0.4) is 0 Å². The van der Waals surface area contributed by atoms with E-state index in [4.69, 9.17) is 13.8 Å². The number of allylic oxidation sites excluding steroid dienone is 13. The van der Waals surface area contributed by atoms with E-state index in [2.05, 4.69) is 99.0 Å². The fourth-order valence-electron chi connectivity index (χ4n) is 8.84. The molecule has 0 aliphatic heterocycles. The highest BCUT2D eigenvalue weighted by Crippen LogP contribution is 2.38. The predicted molar refractivity (Wildman–Crippen MR) is 330 cm³/mol. The van der Waals surface area contributed by atoms with E-state index in [9.17, 15) is 19.0 Å². The largest absolute Gasteiger partial charge is 0.756 e. The maximum atomic E-state index is 13.6. The number of hydrogen-bond donors (Lipinski definition) is 1. The summed E-state index contributed by atoms with van der Waals surface area (Å²) in [5, 5.41) is 3.02. The molecule has 3 atom stereocenters. The number of unbranched alkanes of at least 4 members (excludes halogenated alkanes) is 29. The van der Waals surface area contributed by atoms with Crippen LogP contribution in [0.1, 0.15) is 278 Å². The second-order valence-corrected chi connectivity index (χ2v) is 24.0. The molecule has 10 heteroatoms. The summed E-state index contributed by atoms with van der Waals surface area (Å²) in [7, 11) is 1.15. The van der Waals surface area contributed by atoms with Crippen molar-refractivity contribution in [2.75, 3.05) is 40.9 Å². The van der Waals surface area contributed by atoms with Gasteiger partial charge in [-0.15, -0.1) is 0 Å². The van der Waals surface area contributed by atoms with Crippen molar-refractivity contribution in [1.82, 2.24) is 5.32 Å². The van der Waals surface area contributed by atoms with E-state index in [-0.39, 0.29) is 18.9 Å². The molecule has 446 valence electrons. The van der Waals surface area contributed by atoms with Gasteiger partial charge in [0.1, 0.15) is 19.3 Å². The van der Waals surface area contributed by atoms with Gasteiger partial charge in [-0.05, 0) is 102 Å². The molecule has 0 radical (unpaired) electrons. The number of nitrogens with zero attached hydrogens (tertiary/aromatic N) is 1. The molecule has 1 N–H and O–H groups in total. The van der Waals surface area contributed by atoms with E-state index in [0.29, 0.717) is 23.9 Å². The molecule has 0 aromatic heterocycles. The SMILES string of the molecule is CCCCC/C=C\C/C=C\C/C=C\C/C=C\CCCC(=O)OC(/C=C\CCCCCCCCCCCCC)C(COP(=O)([O-])OCC[N+](C)(C)C)NC(=O)CCCCCCCCCCCCC/C=C\C/C=C\CCCCC. The molecule has 1 amide bonds. The highest BCUT2D eigenvalue weighted by molar-refractivity contribution is 7.45. The van der Waals surface area contributed by atoms with Crippen molar-refractivity contribution < 1.29 is 37.3 Å². The van der Waals surface area contributed by atoms with Crippen molar-refractivity contribution >= 4 is 19.7 Å². The molecule has 0 aliphatic rings. The van der Waals surface area contributed by atoms with Gasteiger partial charge in [-0.2, -0.15) is 0 Å². The molecule has 0 aliphatic carbocycles. The van der Waals surface area contributed by atoms with Crippen LogP contribution in [0.4, 0.5) is 0 Å². The zero-order valence-electron chi connectivity index (χ0n) is 50.9. The Labute approximate surface area is 476 Å². The molecule has 0 saturated heterocycles. The van der Waals surface area contributed by atoms with Crippen LogP contribution in [0.2, 0.25) is 0 Å². The van der Waals surface area contributed by atoms with Crippen LogP contribution in [-0.4, -0.2) is 69.4 Å². The number of ether oxygens (including phenoxy) is 1. The number of likely N-dealkylation sites (N-methyl/N-ethyl adjacent to an activating group) is 1. The van der Waals surface area contributed by atoms with Crippen LogP contribution >= 0.6 is 7.82 Å². The van der Waals surface area contributed by atoms with Gasteiger partial charge >= 0.3 is 5.97 Å². The molecule has 0 heterocycles. The molecule has 3 unspecified atom stereocenters. The van der Waals surface area contributed by atoms with E-state index in [1.807, 2.05) is 33.3 Å². The molecule has 0 aromatic carbocycles. The van der Waals surface area contributed by atoms with E-state index in [1.54, 1.807) is 0 Å². The number of phosphoric acid groups is 1. The maximum absolute atomic E-state index is 13.6. The number of esters is 1. The Bertz CT molecular complexity index is 1590. The van der Waals surface area contributed by atoms with Crippen molar-refractivity contribution in [3.8, 4) is 0 Å². The summed E-state index contributed by atoms with van der Waals surface area (Å²) in [5.41, 5.74) is 0. The highest BCUT2D eigenvalue weighted by atomic mass is 31.2. The van der Waals surface area contributed by atoms with Crippen molar-refractivity contribution in [1.29, 1.82) is 0 Å². The van der Waals surface area contributed by atoms with Gasteiger partial charge in [-0.1, -0.05) is 247 Å². The summed E-state index contributed by atoms with van der Waals surface area (Å²) in [4.78, 5) is 40.0. The second-order valence-electron chi connectivity index (χ2n) is 22.6. The van der Waals surface area contributed by atoms with Crippen LogP contribution in [0, 0.1) is 0 Å². The Morgan fingerprint density at radius 2 is 0.805 bits per heavy atom. The van der Waals surface area contributed by atoms with Crippen molar-refractivity contribution in [3.05, 3.63) is 85.1 Å². The van der Waals surface area contributed by atoms with Crippen LogP contribution < -0.4 is 10.2 Å². The van der Waals surface area contributed by atoms with Crippen molar-refractivity contribution in [2.45, 2.75) is 290 Å². The fourth-order valence-corrected chi connectivity index (χ4v) is 9.56. The smallest absolute Gasteiger partial charge is 0.306 e. The number of phosphoric ester groups is 1. The quantitative estimate of drug-likeness (QED) is 0.0212. The lowest BCUT2D eigenvalue weighted by Gasteiger charge is -2.30. The number of hydrogen-bond acceptors (Lipinski definition) is 7. The van der Waals surface area contributed by atoms with Gasteiger partial charge in [0.25, 0.3) is 7.82 Å². The molecule has 0 fully saturated rings. The molecule has 0 rings (SSSR count). The highest BCUT2D eigenvalue weighted by Gasteiger charge is 2.27. The molecule has 0 saturated carbocycles. The summed E-state index contributed by atoms with van der Waals surface area (Å²) in [5.74, 6) is -0.607. The first-order chi connectivity index (χ1) is 37.4. The minimum atomic E-state index is -4.72. The van der Waals surface area contributed by atoms with Gasteiger partial charge in [0.05, 0.1) is 33.8 Å². The topological polar surface area (TPSA) is 114 Å². The number of amides is 1. The van der Waals surface area contributed by atoms with E-state index < -0.39 is 32.5 Å². The lowest BCUT2D eigenvalue weighted by molar-refractivity contribution is -0.870. The second kappa shape index (κ2) is 56.5. The molecular weight excluding hydrogens is 976 g/mol. The summed E-state index contributed by atoms with van der Waals surface area (Å²) >= 11 is 0. The fraction of sp³-hybridized carbons (Fsp3) is 0.761. The standard InChI is InChI=1S/C67H121N2O7P/c1-7-10-13-16-19-22-25-28-30-32-33-34-35-37-38-41-44-47-50-53-56-59-66(70)68-64(63-75-77(72,73)74-62-61-69(4,5)6)65(58-55-52-49-46-43-40-27-24-21-18-15-12-9-3)76-67(71)60-57-54-51-48-45-42-39-36-31-29-26-23-20-17-14-11-8-2/h19-20,22-23,28-31,39,42,48,51,55,58,64-65H,7-18,21,24-27,32-38,40-41,43-47,49-50,52-54,56-57,59-63H2,1-6H3,(H-,68,70,72,73)/b22-19-,23-20-,30-28-,31-29-,42-39-,51-48-,58-55-. The van der Waals surface area contributed by atoms with Gasteiger partial charge in [0, 0.05) is 12.8 Å². The summed E-state index contributed by atoms with van der Waals surface area (Å²) in [6.07, 6.45) is 74.1.